The van der Waals surface area contributed by atoms with Crippen LogP contribution >= 0.6 is 23.1 Å². The molecule has 0 spiro atoms. The summed E-state index contributed by atoms with van der Waals surface area (Å²) in [6.45, 7) is 6.49. The lowest BCUT2D eigenvalue weighted by molar-refractivity contribution is -0.118. The molecule has 0 aliphatic carbocycles. The third-order valence-corrected chi connectivity index (χ3v) is 6.19. The third kappa shape index (κ3) is 6.44. The fraction of sp³-hybridized carbons (Fsp3) is 0.174. The molecule has 0 radical (unpaired) electrons. The van der Waals surface area contributed by atoms with Gasteiger partial charge in [0.05, 0.1) is 12.4 Å². The van der Waals surface area contributed by atoms with Gasteiger partial charge in [0, 0.05) is 17.7 Å². The molecule has 3 rings (SSSR count). The molecular formula is C23H23N3O3S2. The Hall–Kier alpha value is -3.10. The van der Waals surface area contributed by atoms with Crippen molar-refractivity contribution in [2.24, 2.45) is 0 Å². The van der Waals surface area contributed by atoms with Gasteiger partial charge in [-0.15, -0.1) is 6.58 Å². The Morgan fingerprint density at radius 2 is 1.90 bits per heavy atom. The van der Waals surface area contributed by atoms with Crippen molar-refractivity contribution in [2.75, 3.05) is 24.2 Å². The van der Waals surface area contributed by atoms with E-state index in [4.69, 9.17) is 4.74 Å². The van der Waals surface area contributed by atoms with Gasteiger partial charge in [0.1, 0.15) is 16.4 Å². The molecule has 160 valence electrons. The average molecular weight is 454 g/mol. The third-order valence-electron chi connectivity index (χ3n) is 4.08. The number of rotatable bonds is 10. The highest BCUT2D eigenvalue weighted by Crippen LogP contribution is 2.37. The maximum atomic E-state index is 12.8. The molecule has 0 atom stereocenters. The number of aromatic nitrogens is 1. The van der Waals surface area contributed by atoms with Gasteiger partial charge in [-0.25, -0.2) is 4.98 Å². The lowest BCUT2D eigenvalue weighted by Gasteiger charge is -2.07. The molecule has 1 heterocycles. The molecule has 6 nitrogen and oxygen atoms in total. The van der Waals surface area contributed by atoms with Crippen molar-refractivity contribution in [3.05, 3.63) is 72.8 Å². The Balaban J connectivity index is 1.78. The van der Waals surface area contributed by atoms with Crippen LogP contribution in [0.3, 0.4) is 0 Å². The quantitative estimate of drug-likeness (QED) is 0.339. The van der Waals surface area contributed by atoms with Crippen molar-refractivity contribution in [3.8, 4) is 17.0 Å². The number of nitrogens with one attached hydrogen (secondary N) is 2. The summed E-state index contributed by atoms with van der Waals surface area (Å²) in [5.74, 6) is 0.628. The van der Waals surface area contributed by atoms with E-state index < -0.39 is 0 Å². The number of nitrogens with zero attached hydrogens (tertiary/aromatic N) is 1. The number of thiazole rings is 1. The summed E-state index contributed by atoms with van der Waals surface area (Å²) in [4.78, 5) is 29.4. The zero-order chi connectivity index (χ0) is 22.1. The number of ether oxygens (including phenoxy) is 1. The second kappa shape index (κ2) is 11.3. The minimum absolute atomic E-state index is 0.0960. The molecule has 0 saturated carbocycles. The maximum Gasteiger partial charge on any atom is 0.256 e. The van der Waals surface area contributed by atoms with Gasteiger partial charge in [0.25, 0.3) is 5.91 Å². The standard InChI is InChI=1S/C23H23N3O3S2/c1-3-14-24-19(27)15-30-23-25-20(16-8-6-5-7-9-16)22(31-23)26-21(28)17-10-12-18(13-11-17)29-4-2/h3,5-13H,1,4,14-15H2,2H3,(H,24,27)(H,26,28). The normalized spacial score (nSPS) is 10.4. The van der Waals surface area contributed by atoms with Crippen LogP contribution < -0.4 is 15.4 Å². The molecule has 0 bridgehead atoms. The highest BCUT2D eigenvalue weighted by molar-refractivity contribution is 8.01. The fourth-order valence-corrected chi connectivity index (χ4v) is 4.54. The van der Waals surface area contributed by atoms with E-state index in [0.29, 0.717) is 33.7 Å². The molecule has 3 aromatic rings. The van der Waals surface area contributed by atoms with E-state index in [-0.39, 0.29) is 17.6 Å². The van der Waals surface area contributed by atoms with Crippen molar-refractivity contribution in [1.29, 1.82) is 0 Å². The summed E-state index contributed by atoms with van der Waals surface area (Å²) < 4.78 is 6.13. The average Bonchev–Trinajstić information content (AvgIpc) is 3.20. The van der Waals surface area contributed by atoms with Crippen LogP contribution in [-0.4, -0.2) is 35.7 Å². The molecule has 0 saturated heterocycles. The molecule has 0 fully saturated rings. The second-order valence-electron chi connectivity index (χ2n) is 6.32. The number of carbonyl (C=O) groups is 2. The highest BCUT2D eigenvalue weighted by Gasteiger charge is 2.17. The lowest BCUT2D eigenvalue weighted by atomic mass is 10.1. The smallest absolute Gasteiger partial charge is 0.256 e. The first kappa shape index (κ1) is 22.6. The van der Waals surface area contributed by atoms with Crippen molar-refractivity contribution < 1.29 is 14.3 Å². The van der Waals surface area contributed by atoms with E-state index >= 15 is 0 Å². The van der Waals surface area contributed by atoms with Gasteiger partial charge in [-0.1, -0.05) is 59.5 Å². The van der Waals surface area contributed by atoms with Crippen molar-refractivity contribution >= 4 is 39.9 Å². The van der Waals surface area contributed by atoms with E-state index in [1.165, 1.54) is 23.1 Å². The number of anilines is 1. The fourth-order valence-electron chi connectivity index (χ4n) is 2.65. The summed E-state index contributed by atoms with van der Waals surface area (Å²) >= 11 is 2.68. The Morgan fingerprint density at radius 1 is 1.16 bits per heavy atom. The maximum absolute atomic E-state index is 12.8. The van der Waals surface area contributed by atoms with Crippen LogP contribution in [0.5, 0.6) is 5.75 Å². The van der Waals surface area contributed by atoms with Crippen molar-refractivity contribution in [2.45, 2.75) is 11.3 Å². The topological polar surface area (TPSA) is 80.3 Å². The van der Waals surface area contributed by atoms with Gasteiger partial charge in [-0.3, -0.25) is 9.59 Å². The number of thioether (sulfide) groups is 1. The van der Waals surface area contributed by atoms with Crippen LogP contribution in [0.15, 0.2) is 71.6 Å². The molecule has 2 N–H and O–H groups in total. The minimum atomic E-state index is -0.232. The van der Waals surface area contributed by atoms with E-state index in [1.807, 2.05) is 37.3 Å². The van der Waals surface area contributed by atoms with Crippen LogP contribution in [0.25, 0.3) is 11.3 Å². The van der Waals surface area contributed by atoms with Crippen LogP contribution in [0.2, 0.25) is 0 Å². The number of amides is 2. The lowest BCUT2D eigenvalue weighted by Crippen LogP contribution is -2.24. The number of benzene rings is 2. The second-order valence-corrected chi connectivity index (χ2v) is 8.54. The van der Waals surface area contributed by atoms with Crippen molar-refractivity contribution in [3.63, 3.8) is 0 Å². The van der Waals surface area contributed by atoms with E-state index in [1.54, 1.807) is 30.3 Å². The van der Waals surface area contributed by atoms with Crippen LogP contribution in [0.4, 0.5) is 5.00 Å². The molecule has 31 heavy (non-hydrogen) atoms. The van der Waals surface area contributed by atoms with Gasteiger partial charge in [-0.2, -0.15) is 0 Å². The molecule has 0 aliphatic heterocycles. The van der Waals surface area contributed by atoms with Gasteiger partial charge in [-0.05, 0) is 31.2 Å². The largest absolute Gasteiger partial charge is 0.494 e. The first-order valence-corrected chi connectivity index (χ1v) is 11.5. The summed E-state index contributed by atoms with van der Waals surface area (Å²) in [5, 5.41) is 6.35. The van der Waals surface area contributed by atoms with Gasteiger partial charge in [0.2, 0.25) is 5.91 Å². The molecular weight excluding hydrogens is 430 g/mol. The Labute approximate surface area is 189 Å². The number of hydrogen-bond donors (Lipinski definition) is 2. The van der Waals surface area contributed by atoms with Crippen LogP contribution in [0, 0.1) is 0 Å². The highest BCUT2D eigenvalue weighted by atomic mass is 32.2. The molecule has 1 aromatic heterocycles. The SMILES string of the molecule is C=CCNC(=O)CSc1nc(-c2ccccc2)c(NC(=O)c2ccc(OCC)cc2)s1. The molecule has 0 aliphatic rings. The van der Waals surface area contributed by atoms with E-state index in [2.05, 4.69) is 22.2 Å². The van der Waals surface area contributed by atoms with E-state index in [9.17, 15) is 9.59 Å². The summed E-state index contributed by atoms with van der Waals surface area (Å²) in [6.07, 6.45) is 1.63. The molecule has 2 amide bonds. The predicted octanol–water partition coefficient (Wildman–Crippen LogP) is 4.86. The summed E-state index contributed by atoms with van der Waals surface area (Å²) in [7, 11) is 0. The Morgan fingerprint density at radius 3 is 2.58 bits per heavy atom. The first-order chi connectivity index (χ1) is 15.1. The van der Waals surface area contributed by atoms with E-state index in [0.717, 1.165) is 11.3 Å². The number of carbonyl (C=O) groups excluding carboxylic acids is 2. The minimum Gasteiger partial charge on any atom is -0.494 e. The van der Waals surface area contributed by atoms with Crippen molar-refractivity contribution in [1.82, 2.24) is 10.3 Å². The first-order valence-electron chi connectivity index (χ1n) is 9.71. The zero-order valence-electron chi connectivity index (χ0n) is 17.1. The zero-order valence-corrected chi connectivity index (χ0v) is 18.7. The molecule has 2 aromatic carbocycles. The predicted molar refractivity (Wildman–Crippen MR) is 127 cm³/mol. The monoisotopic (exact) mass is 453 g/mol. The van der Waals surface area contributed by atoms with Crippen LogP contribution in [0.1, 0.15) is 17.3 Å². The molecule has 0 unspecified atom stereocenters. The van der Waals surface area contributed by atoms with Crippen LogP contribution in [-0.2, 0) is 4.79 Å². The summed E-state index contributed by atoms with van der Waals surface area (Å²) in [6, 6.07) is 16.6. The Kier molecular flexibility index (Phi) is 8.26. The summed E-state index contributed by atoms with van der Waals surface area (Å²) in [5.41, 5.74) is 2.09. The van der Waals surface area contributed by atoms with Gasteiger partial charge < -0.3 is 15.4 Å². The molecule has 8 heteroatoms. The number of hydrogen-bond acceptors (Lipinski definition) is 6. The van der Waals surface area contributed by atoms with Gasteiger partial charge in [0.15, 0.2) is 4.34 Å². The van der Waals surface area contributed by atoms with Gasteiger partial charge >= 0.3 is 0 Å². The Bertz CT molecular complexity index is 1030.